The maximum atomic E-state index is 9.92. The van der Waals surface area contributed by atoms with Gasteiger partial charge in [-0.05, 0) is 93.9 Å². The lowest BCUT2D eigenvalue weighted by Crippen LogP contribution is -2.32. The zero-order chi connectivity index (χ0) is 23.6. The third-order valence-electron chi connectivity index (χ3n) is 6.52. The van der Waals surface area contributed by atoms with E-state index in [0.29, 0.717) is 11.5 Å². The van der Waals surface area contributed by atoms with Crippen LogP contribution in [0.3, 0.4) is 0 Å². The lowest BCUT2D eigenvalue weighted by atomic mass is 9.69. The lowest BCUT2D eigenvalue weighted by Gasteiger charge is -2.32. The minimum atomic E-state index is -0.504. The number of nitriles is 1. The highest BCUT2D eigenvalue weighted by Gasteiger charge is 2.36. The molecular weight excluding hydrogens is 396 g/mol. The van der Waals surface area contributed by atoms with Crippen molar-refractivity contribution in [3.05, 3.63) is 59.2 Å². The number of fused-ring (bicyclic) bond motifs is 1. The number of ether oxygens (including phenoxy) is 2. The van der Waals surface area contributed by atoms with Crippen molar-refractivity contribution in [1.82, 2.24) is 4.90 Å². The van der Waals surface area contributed by atoms with Crippen molar-refractivity contribution in [3.63, 3.8) is 0 Å². The molecule has 0 radical (unpaired) electrons. The highest BCUT2D eigenvalue weighted by atomic mass is 16.5. The molecule has 0 amide bonds. The average Bonchev–Trinajstić information content (AvgIpc) is 2.81. The second-order valence-electron chi connectivity index (χ2n) is 9.19. The fraction of sp³-hybridized carbons (Fsp3) is 0.536. The van der Waals surface area contributed by atoms with Crippen molar-refractivity contribution in [1.29, 1.82) is 5.26 Å². The number of hydrogen-bond donors (Lipinski definition) is 0. The van der Waals surface area contributed by atoms with Crippen LogP contribution in [0.5, 0.6) is 11.5 Å². The molecule has 0 saturated heterocycles. The summed E-state index contributed by atoms with van der Waals surface area (Å²) < 4.78 is 10.7. The van der Waals surface area contributed by atoms with Crippen molar-refractivity contribution in [3.8, 4) is 17.6 Å². The van der Waals surface area contributed by atoms with E-state index in [0.717, 1.165) is 24.9 Å². The third kappa shape index (κ3) is 6.50. The highest BCUT2D eigenvalue weighted by molar-refractivity contribution is 5.47. The van der Waals surface area contributed by atoms with Crippen LogP contribution < -0.4 is 9.47 Å². The average molecular weight is 437 g/mol. The van der Waals surface area contributed by atoms with Crippen LogP contribution in [0.15, 0.2) is 42.5 Å². The Morgan fingerprint density at radius 3 is 2.03 bits per heavy atom. The molecule has 0 N–H and O–H groups in total. The van der Waals surface area contributed by atoms with E-state index < -0.39 is 5.41 Å². The maximum Gasteiger partial charge on any atom is 0.161 e. The van der Waals surface area contributed by atoms with Gasteiger partial charge < -0.3 is 14.4 Å². The summed E-state index contributed by atoms with van der Waals surface area (Å²) >= 11 is 0. The van der Waals surface area contributed by atoms with Gasteiger partial charge in [-0.25, -0.2) is 0 Å². The van der Waals surface area contributed by atoms with E-state index >= 15 is 0 Å². The van der Waals surface area contributed by atoms with Gasteiger partial charge in [-0.3, -0.25) is 0 Å². The fourth-order valence-electron chi connectivity index (χ4n) is 4.48. The third-order valence-corrected chi connectivity index (χ3v) is 6.52. The minimum Gasteiger partial charge on any atom is -0.493 e. The van der Waals surface area contributed by atoms with E-state index in [1.54, 1.807) is 25.3 Å². The molecule has 4 nitrogen and oxygen atoms in total. The van der Waals surface area contributed by atoms with Crippen LogP contribution in [0.25, 0.3) is 0 Å². The monoisotopic (exact) mass is 436 g/mol. The van der Waals surface area contributed by atoms with Crippen LogP contribution in [-0.2, 0) is 18.3 Å². The van der Waals surface area contributed by atoms with Gasteiger partial charge in [0.15, 0.2) is 11.5 Å². The molecule has 174 valence electrons. The largest absolute Gasteiger partial charge is 0.493 e. The molecule has 4 heteroatoms. The standard InChI is InChI=1S/C18H28N2O2.C10H12/c1-14(2)18(13-19,10-7-11-20(3)4)15-8-9-16(21-5)17(12-15)22-6;1-2-6-10-8-4-3-7-9(10)5-1/h8-9,12,14H,7,10-11H2,1-6H3;1-2,5-6H,3-4,7-8H2/t18-;/m1./s1. The van der Waals surface area contributed by atoms with E-state index in [2.05, 4.69) is 63.2 Å². The Kier molecular flexibility index (Phi) is 10.1. The van der Waals surface area contributed by atoms with E-state index in [4.69, 9.17) is 9.47 Å². The molecule has 1 aliphatic carbocycles. The smallest absolute Gasteiger partial charge is 0.161 e. The second-order valence-corrected chi connectivity index (χ2v) is 9.19. The molecule has 0 aliphatic heterocycles. The summed E-state index contributed by atoms with van der Waals surface area (Å²) in [5, 5.41) is 9.92. The van der Waals surface area contributed by atoms with Gasteiger partial charge in [-0.2, -0.15) is 5.26 Å². The summed E-state index contributed by atoms with van der Waals surface area (Å²) in [7, 11) is 7.35. The van der Waals surface area contributed by atoms with Crippen molar-refractivity contribution < 1.29 is 9.47 Å². The van der Waals surface area contributed by atoms with Gasteiger partial charge in [0, 0.05) is 0 Å². The van der Waals surface area contributed by atoms with Crippen molar-refractivity contribution in [2.75, 3.05) is 34.9 Å². The first-order valence-corrected chi connectivity index (χ1v) is 11.7. The summed E-state index contributed by atoms with van der Waals surface area (Å²) in [6, 6.07) is 17.2. The number of rotatable bonds is 8. The Hall–Kier alpha value is -2.51. The molecule has 1 aliphatic rings. The van der Waals surface area contributed by atoms with Crippen LogP contribution in [0.4, 0.5) is 0 Å². The molecule has 0 unspecified atom stereocenters. The minimum absolute atomic E-state index is 0.220. The Bertz CT molecular complexity index is 860. The highest BCUT2D eigenvalue weighted by Crippen LogP contribution is 2.40. The molecular formula is C28H40N2O2. The second kappa shape index (κ2) is 12.5. The van der Waals surface area contributed by atoms with Gasteiger partial charge in [0.1, 0.15) is 0 Å². The molecule has 0 saturated carbocycles. The van der Waals surface area contributed by atoms with Gasteiger partial charge >= 0.3 is 0 Å². The van der Waals surface area contributed by atoms with E-state index in [9.17, 15) is 5.26 Å². The summed E-state index contributed by atoms with van der Waals surface area (Å²) in [4.78, 5) is 2.15. The molecule has 0 bridgehead atoms. The number of nitrogens with zero attached hydrogens (tertiary/aromatic N) is 2. The van der Waals surface area contributed by atoms with Crippen molar-refractivity contribution >= 4 is 0 Å². The molecule has 0 aromatic heterocycles. The Labute approximate surface area is 195 Å². The zero-order valence-electron chi connectivity index (χ0n) is 20.8. The lowest BCUT2D eigenvalue weighted by molar-refractivity contribution is 0.318. The number of aryl methyl sites for hydroxylation is 2. The summed E-state index contributed by atoms with van der Waals surface area (Å²) in [6.07, 6.45) is 7.18. The van der Waals surface area contributed by atoms with Crippen LogP contribution in [0.1, 0.15) is 56.2 Å². The SMILES string of the molecule is COc1ccc([C@@](C#N)(CCCN(C)C)C(C)C)cc1OC.c1ccc2c(c1)CCCC2. The van der Waals surface area contributed by atoms with Gasteiger partial charge in [-0.1, -0.05) is 44.2 Å². The molecule has 2 aromatic carbocycles. The zero-order valence-corrected chi connectivity index (χ0v) is 20.8. The van der Waals surface area contributed by atoms with E-state index in [-0.39, 0.29) is 5.92 Å². The number of hydrogen-bond acceptors (Lipinski definition) is 4. The van der Waals surface area contributed by atoms with Gasteiger partial charge in [-0.15, -0.1) is 0 Å². The first-order chi connectivity index (χ1) is 15.4. The molecule has 0 fully saturated rings. The Morgan fingerprint density at radius 2 is 1.56 bits per heavy atom. The van der Waals surface area contributed by atoms with E-state index in [1.807, 2.05) is 18.2 Å². The predicted octanol–water partition coefficient (Wildman–Crippen LogP) is 6.03. The summed E-state index contributed by atoms with van der Waals surface area (Å²) in [6.45, 7) is 5.19. The number of benzene rings is 2. The fourth-order valence-corrected chi connectivity index (χ4v) is 4.48. The van der Waals surface area contributed by atoms with Gasteiger partial charge in [0.25, 0.3) is 0 Å². The molecule has 32 heavy (non-hydrogen) atoms. The molecule has 3 rings (SSSR count). The Balaban J connectivity index is 0.000000297. The predicted molar refractivity (Wildman–Crippen MR) is 133 cm³/mol. The normalized spacial score (nSPS) is 14.6. The Morgan fingerprint density at radius 1 is 0.969 bits per heavy atom. The van der Waals surface area contributed by atoms with Crippen molar-refractivity contribution in [2.45, 2.75) is 57.8 Å². The van der Waals surface area contributed by atoms with Crippen LogP contribution in [-0.4, -0.2) is 39.8 Å². The quantitative estimate of drug-likeness (QED) is 0.507. The van der Waals surface area contributed by atoms with Gasteiger partial charge in [0.2, 0.25) is 0 Å². The van der Waals surface area contributed by atoms with Crippen molar-refractivity contribution in [2.24, 2.45) is 5.92 Å². The summed E-state index contributed by atoms with van der Waals surface area (Å²) in [5.41, 5.74) is 3.65. The molecule has 0 spiro atoms. The number of methoxy groups -OCH3 is 2. The first-order valence-electron chi connectivity index (χ1n) is 11.7. The van der Waals surface area contributed by atoms with Crippen LogP contribution in [0.2, 0.25) is 0 Å². The van der Waals surface area contributed by atoms with Crippen LogP contribution >= 0.6 is 0 Å². The topological polar surface area (TPSA) is 45.5 Å². The molecule has 2 aromatic rings. The molecule has 0 heterocycles. The maximum absolute atomic E-state index is 9.92. The van der Waals surface area contributed by atoms with E-state index in [1.165, 1.54) is 25.7 Å². The first kappa shape index (κ1) is 25.7. The molecule has 1 atom stereocenters. The summed E-state index contributed by atoms with van der Waals surface area (Å²) in [5.74, 6) is 1.58. The van der Waals surface area contributed by atoms with Crippen LogP contribution in [0, 0.1) is 17.2 Å². The van der Waals surface area contributed by atoms with Gasteiger partial charge in [0.05, 0.1) is 25.7 Å².